The summed E-state index contributed by atoms with van der Waals surface area (Å²) in [4.78, 5) is 12.9. The van der Waals surface area contributed by atoms with E-state index in [2.05, 4.69) is 10.5 Å². The Morgan fingerprint density at radius 3 is 2.73 bits per heavy atom. The zero-order valence-corrected chi connectivity index (χ0v) is 15.5. The number of halogens is 1. The summed E-state index contributed by atoms with van der Waals surface area (Å²) in [5.41, 5.74) is 4.09. The molecule has 0 fully saturated rings. The molecule has 1 aliphatic rings. The monoisotopic (exact) mass is 386 g/mol. The molecule has 0 saturated carbocycles. The van der Waals surface area contributed by atoms with Crippen molar-refractivity contribution in [2.75, 3.05) is 13.2 Å². The maximum Gasteiger partial charge on any atom is 0.283 e. The van der Waals surface area contributed by atoms with E-state index in [1.165, 1.54) is 11.3 Å². The van der Waals surface area contributed by atoms with Crippen LogP contribution in [0.25, 0.3) is 10.1 Å². The SMILES string of the molecule is C/C(=N\NC(=O)c1sc2ccccc2c1Cl)c1ccc2c(c1)OCCO2. The van der Waals surface area contributed by atoms with Crippen molar-refractivity contribution in [2.45, 2.75) is 6.92 Å². The van der Waals surface area contributed by atoms with Crippen LogP contribution in [-0.2, 0) is 0 Å². The van der Waals surface area contributed by atoms with E-state index in [4.69, 9.17) is 21.1 Å². The van der Waals surface area contributed by atoms with Gasteiger partial charge in [0.05, 0.1) is 10.7 Å². The second kappa shape index (κ2) is 6.97. The average Bonchev–Trinajstić information content (AvgIpc) is 3.02. The Balaban J connectivity index is 1.55. The molecule has 3 aromatic rings. The van der Waals surface area contributed by atoms with Crippen LogP contribution in [0.2, 0.25) is 5.02 Å². The molecule has 0 unspecified atom stereocenters. The van der Waals surface area contributed by atoms with Crippen LogP contribution >= 0.6 is 22.9 Å². The van der Waals surface area contributed by atoms with Gasteiger partial charge in [0.2, 0.25) is 0 Å². The zero-order valence-electron chi connectivity index (χ0n) is 13.9. The summed E-state index contributed by atoms with van der Waals surface area (Å²) < 4.78 is 12.1. The van der Waals surface area contributed by atoms with Gasteiger partial charge in [-0.25, -0.2) is 5.43 Å². The summed E-state index contributed by atoms with van der Waals surface area (Å²) in [5.74, 6) is 1.07. The predicted molar refractivity (Wildman–Crippen MR) is 104 cm³/mol. The molecular formula is C19H15ClN2O3S. The molecule has 132 valence electrons. The van der Waals surface area contributed by atoms with Crippen LogP contribution < -0.4 is 14.9 Å². The lowest BCUT2D eigenvalue weighted by Gasteiger charge is -2.18. The fourth-order valence-corrected chi connectivity index (χ4v) is 4.09. The van der Waals surface area contributed by atoms with Gasteiger partial charge in [0.15, 0.2) is 11.5 Å². The number of hydrazone groups is 1. The molecule has 7 heteroatoms. The van der Waals surface area contributed by atoms with E-state index in [9.17, 15) is 4.79 Å². The number of ether oxygens (including phenoxy) is 2. The molecule has 0 saturated heterocycles. The minimum atomic E-state index is -0.326. The first-order chi connectivity index (χ1) is 12.6. The molecule has 2 heterocycles. The first-order valence-corrected chi connectivity index (χ1v) is 9.24. The van der Waals surface area contributed by atoms with Gasteiger partial charge in [-0.15, -0.1) is 11.3 Å². The fourth-order valence-electron chi connectivity index (χ4n) is 2.68. The summed E-state index contributed by atoms with van der Waals surface area (Å²) in [5, 5.41) is 5.53. The van der Waals surface area contributed by atoms with E-state index in [-0.39, 0.29) is 5.91 Å². The second-order valence-corrected chi connectivity index (χ2v) is 7.17. The van der Waals surface area contributed by atoms with E-state index in [0.29, 0.717) is 40.3 Å². The molecule has 0 radical (unpaired) electrons. The van der Waals surface area contributed by atoms with Gasteiger partial charge < -0.3 is 9.47 Å². The first kappa shape index (κ1) is 16.9. The van der Waals surface area contributed by atoms with Crippen LogP contribution in [-0.4, -0.2) is 24.8 Å². The third kappa shape index (κ3) is 3.13. The number of fused-ring (bicyclic) bond motifs is 2. The number of benzene rings is 2. The van der Waals surface area contributed by atoms with Gasteiger partial charge in [0.25, 0.3) is 5.91 Å². The molecule has 0 aliphatic carbocycles. The van der Waals surface area contributed by atoms with Crippen LogP contribution in [0.5, 0.6) is 11.5 Å². The maximum absolute atomic E-state index is 12.5. The maximum atomic E-state index is 12.5. The van der Waals surface area contributed by atoms with Crippen LogP contribution in [0.3, 0.4) is 0 Å². The van der Waals surface area contributed by atoms with Crippen molar-refractivity contribution >= 4 is 44.6 Å². The molecule has 1 aliphatic heterocycles. The van der Waals surface area contributed by atoms with Crippen molar-refractivity contribution < 1.29 is 14.3 Å². The van der Waals surface area contributed by atoms with Crippen molar-refractivity contribution in [1.29, 1.82) is 0 Å². The molecule has 0 spiro atoms. The Kier molecular flexibility index (Phi) is 4.53. The number of carbonyl (C=O) groups is 1. The average molecular weight is 387 g/mol. The number of thiophene rings is 1. The van der Waals surface area contributed by atoms with Gasteiger partial charge in [-0.2, -0.15) is 5.10 Å². The van der Waals surface area contributed by atoms with Crippen molar-refractivity contribution in [2.24, 2.45) is 5.10 Å². The van der Waals surface area contributed by atoms with E-state index in [1.54, 1.807) is 0 Å². The number of hydrogen-bond donors (Lipinski definition) is 1. The lowest BCUT2D eigenvalue weighted by Crippen LogP contribution is -2.19. The molecule has 1 amide bonds. The Bertz CT molecular complexity index is 1030. The quantitative estimate of drug-likeness (QED) is 0.533. The number of nitrogens with zero attached hydrogens (tertiary/aromatic N) is 1. The summed E-state index contributed by atoms with van der Waals surface area (Å²) >= 11 is 7.68. The topological polar surface area (TPSA) is 59.9 Å². The Hall–Kier alpha value is -2.57. The van der Waals surface area contributed by atoms with E-state index >= 15 is 0 Å². The highest BCUT2D eigenvalue weighted by Gasteiger charge is 2.17. The predicted octanol–water partition coefficient (Wildman–Crippen LogP) is 4.48. The number of amides is 1. The second-order valence-electron chi connectivity index (χ2n) is 5.74. The number of nitrogens with one attached hydrogen (secondary N) is 1. The Morgan fingerprint density at radius 2 is 1.92 bits per heavy atom. The third-order valence-electron chi connectivity index (χ3n) is 4.03. The lowest BCUT2D eigenvalue weighted by atomic mass is 10.1. The highest BCUT2D eigenvalue weighted by Crippen LogP contribution is 2.35. The Morgan fingerprint density at radius 1 is 1.15 bits per heavy atom. The van der Waals surface area contributed by atoms with Crippen molar-refractivity contribution in [3.8, 4) is 11.5 Å². The lowest BCUT2D eigenvalue weighted by molar-refractivity contribution is 0.0959. The third-order valence-corrected chi connectivity index (χ3v) is 5.70. The smallest absolute Gasteiger partial charge is 0.283 e. The minimum Gasteiger partial charge on any atom is -0.486 e. The summed E-state index contributed by atoms with van der Waals surface area (Å²) in [6, 6.07) is 13.2. The van der Waals surface area contributed by atoms with Gasteiger partial charge in [-0.05, 0) is 31.2 Å². The van der Waals surface area contributed by atoms with E-state index < -0.39 is 0 Å². The minimum absolute atomic E-state index is 0.326. The molecule has 0 atom stereocenters. The molecule has 2 aromatic carbocycles. The van der Waals surface area contributed by atoms with Crippen molar-refractivity contribution in [1.82, 2.24) is 5.43 Å². The molecule has 5 nitrogen and oxygen atoms in total. The molecular weight excluding hydrogens is 372 g/mol. The fraction of sp³-hybridized carbons (Fsp3) is 0.158. The van der Waals surface area contributed by atoms with Crippen LogP contribution in [0.1, 0.15) is 22.2 Å². The number of hydrogen-bond acceptors (Lipinski definition) is 5. The molecule has 26 heavy (non-hydrogen) atoms. The largest absolute Gasteiger partial charge is 0.486 e. The summed E-state index contributed by atoms with van der Waals surface area (Å²) in [6.45, 7) is 2.89. The summed E-state index contributed by atoms with van der Waals surface area (Å²) in [7, 11) is 0. The number of rotatable bonds is 3. The van der Waals surface area contributed by atoms with E-state index in [0.717, 1.165) is 15.6 Å². The van der Waals surface area contributed by atoms with Crippen LogP contribution in [0, 0.1) is 0 Å². The van der Waals surface area contributed by atoms with Gasteiger partial charge in [0, 0.05) is 15.6 Å². The highest BCUT2D eigenvalue weighted by molar-refractivity contribution is 7.21. The molecule has 1 aromatic heterocycles. The first-order valence-electron chi connectivity index (χ1n) is 8.05. The zero-order chi connectivity index (χ0) is 18.1. The Labute approximate surface area is 159 Å². The normalized spacial score (nSPS) is 13.7. The van der Waals surface area contributed by atoms with Gasteiger partial charge in [-0.1, -0.05) is 29.8 Å². The van der Waals surface area contributed by atoms with E-state index in [1.807, 2.05) is 49.4 Å². The van der Waals surface area contributed by atoms with Crippen LogP contribution in [0.15, 0.2) is 47.6 Å². The molecule has 1 N–H and O–H groups in total. The van der Waals surface area contributed by atoms with Crippen LogP contribution in [0.4, 0.5) is 0 Å². The molecule has 4 rings (SSSR count). The standard InChI is InChI=1S/C19H15ClN2O3S/c1-11(12-6-7-14-15(10-12)25-9-8-24-14)21-22-19(23)18-17(20)13-4-2-3-5-16(13)26-18/h2-7,10H,8-9H2,1H3,(H,22,23)/b21-11+. The highest BCUT2D eigenvalue weighted by atomic mass is 35.5. The van der Waals surface area contributed by atoms with Crippen molar-refractivity contribution in [3.05, 3.63) is 57.9 Å². The van der Waals surface area contributed by atoms with Gasteiger partial charge >= 0.3 is 0 Å². The van der Waals surface area contributed by atoms with Crippen molar-refractivity contribution in [3.63, 3.8) is 0 Å². The molecule has 0 bridgehead atoms. The van der Waals surface area contributed by atoms with Gasteiger partial charge in [0.1, 0.15) is 18.1 Å². The summed E-state index contributed by atoms with van der Waals surface area (Å²) in [6.07, 6.45) is 0. The number of carbonyl (C=O) groups excluding carboxylic acids is 1. The van der Waals surface area contributed by atoms with Gasteiger partial charge in [-0.3, -0.25) is 4.79 Å².